The number of nitrogens with zero attached hydrogens (tertiary/aromatic N) is 1. The van der Waals surface area contributed by atoms with Gasteiger partial charge in [0.1, 0.15) is 0 Å². The Labute approximate surface area is 156 Å². The van der Waals surface area contributed by atoms with Gasteiger partial charge in [-0.1, -0.05) is 37.3 Å². The molecule has 1 aromatic carbocycles. The van der Waals surface area contributed by atoms with Gasteiger partial charge >= 0.3 is 0 Å². The molecule has 0 spiro atoms. The van der Waals surface area contributed by atoms with Crippen LogP contribution in [-0.2, 0) is 0 Å². The summed E-state index contributed by atoms with van der Waals surface area (Å²) >= 11 is 1.91. The number of hydrogen-bond donors (Lipinski definition) is 1. The smallest absolute Gasteiger partial charge is 0.0960 e. The minimum absolute atomic E-state index is 0.122. The Hall–Kier alpha value is -1.32. The van der Waals surface area contributed by atoms with Crippen molar-refractivity contribution in [1.29, 1.82) is 0 Å². The third-order valence-corrected chi connectivity index (χ3v) is 6.48. The summed E-state index contributed by atoms with van der Waals surface area (Å²) in [7, 11) is 0. The van der Waals surface area contributed by atoms with Crippen LogP contribution in [0.25, 0.3) is 0 Å². The summed E-state index contributed by atoms with van der Waals surface area (Å²) in [5.74, 6) is 2.72. The molecular weight excluding hydrogens is 324 g/mol. The lowest BCUT2D eigenvalue weighted by Crippen LogP contribution is -2.13. The van der Waals surface area contributed by atoms with Crippen molar-refractivity contribution in [2.24, 2.45) is 11.7 Å². The van der Waals surface area contributed by atoms with E-state index < -0.39 is 0 Å². The molecule has 2 atom stereocenters. The maximum absolute atomic E-state index is 6.46. The van der Waals surface area contributed by atoms with Crippen molar-refractivity contribution in [3.63, 3.8) is 0 Å². The number of pyridine rings is 1. The van der Waals surface area contributed by atoms with Crippen molar-refractivity contribution >= 4 is 11.8 Å². The van der Waals surface area contributed by atoms with Crippen molar-refractivity contribution in [3.8, 4) is 0 Å². The van der Waals surface area contributed by atoms with E-state index in [4.69, 9.17) is 5.73 Å². The fourth-order valence-corrected chi connectivity index (χ4v) is 4.38. The third kappa shape index (κ3) is 5.32. The molecule has 1 saturated carbocycles. The van der Waals surface area contributed by atoms with Crippen LogP contribution < -0.4 is 5.73 Å². The van der Waals surface area contributed by atoms with Crippen LogP contribution in [-0.4, -0.2) is 10.7 Å². The minimum Gasteiger partial charge on any atom is -0.324 e. The maximum Gasteiger partial charge on any atom is 0.0960 e. The van der Waals surface area contributed by atoms with E-state index in [2.05, 4.69) is 61.4 Å². The molecule has 0 saturated heterocycles. The number of benzene rings is 1. The van der Waals surface area contributed by atoms with Gasteiger partial charge in [-0.05, 0) is 73.6 Å². The summed E-state index contributed by atoms with van der Waals surface area (Å²) < 4.78 is 0. The molecule has 1 aromatic heterocycles. The van der Waals surface area contributed by atoms with Gasteiger partial charge in [-0.2, -0.15) is 0 Å². The molecule has 3 heteroatoms. The normalized spacial score (nSPS) is 16.6. The Morgan fingerprint density at radius 1 is 1.16 bits per heavy atom. The molecule has 0 amide bonds. The van der Waals surface area contributed by atoms with E-state index in [0.717, 1.165) is 25.2 Å². The first-order chi connectivity index (χ1) is 12.2. The highest BCUT2D eigenvalue weighted by Crippen LogP contribution is 2.35. The molecule has 2 N–H and O–H groups in total. The van der Waals surface area contributed by atoms with Crippen LogP contribution in [0.2, 0.25) is 0 Å². The molecule has 1 aliphatic rings. The van der Waals surface area contributed by atoms with Gasteiger partial charge in [0.25, 0.3) is 0 Å². The van der Waals surface area contributed by atoms with E-state index in [1.54, 1.807) is 0 Å². The fraction of sp³-hybridized carbons (Fsp3) is 0.500. The lowest BCUT2D eigenvalue weighted by molar-refractivity contribution is 0.522. The fourth-order valence-electron chi connectivity index (χ4n) is 3.35. The molecule has 0 bridgehead atoms. The van der Waals surface area contributed by atoms with Crippen LogP contribution in [0, 0.1) is 12.8 Å². The maximum atomic E-state index is 6.46. The van der Waals surface area contributed by atoms with E-state index in [1.165, 1.54) is 40.3 Å². The zero-order valence-electron chi connectivity index (χ0n) is 15.4. The van der Waals surface area contributed by atoms with Gasteiger partial charge in [0.15, 0.2) is 0 Å². The number of rotatable bonds is 9. The summed E-state index contributed by atoms with van der Waals surface area (Å²) in [4.78, 5) is 4.68. The van der Waals surface area contributed by atoms with Crippen LogP contribution in [0.3, 0.4) is 0 Å². The largest absolute Gasteiger partial charge is 0.324 e. The van der Waals surface area contributed by atoms with E-state index in [9.17, 15) is 0 Å². The van der Waals surface area contributed by atoms with Crippen molar-refractivity contribution < 1.29 is 0 Å². The highest BCUT2D eigenvalue weighted by atomic mass is 32.2. The summed E-state index contributed by atoms with van der Waals surface area (Å²) in [6.45, 7) is 4.41. The van der Waals surface area contributed by atoms with E-state index in [-0.39, 0.29) is 6.04 Å². The van der Waals surface area contributed by atoms with E-state index >= 15 is 0 Å². The van der Waals surface area contributed by atoms with Gasteiger partial charge in [0.05, 0.1) is 5.03 Å². The van der Waals surface area contributed by atoms with Gasteiger partial charge < -0.3 is 5.73 Å². The second-order valence-corrected chi connectivity index (χ2v) is 8.37. The first-order valence-electron chi connectivity index (χ1n) is 9.57. The van der Waals surface area contributed by atoms with Crippen LogP contribution in [0.15, 0.2) is 47.6 Å². The van der Waals surface area contributed by atoms with Crippen molar-refractivity contribution in [2.75, 3.05) is 5.75 Å². The predicted octanol–water partition coefficient (Wildman–Crippen LogP) is 5.87. The van der Waals surface area contributed by atoms with Crippen molar-refractivity contribution in [1.82, 2.24) is 4.98 Å². The molecule has 1 fully saturated rings. The summed E-state index contributed by atoms with van der Waals surface area (Å²) in [5, 5.41) is 1.17. The van der Waals surface area contributed by atoms with E-state index in [1.807, 2.05) is 11.8 Å². The SMILES string of the molecule is CC[C@H](CCC(N)c1ccccc1C)c1ccc(SCC2CC2)nc1. The third-order valence-electron chi connectivity index (χ3n) is 5.30. The molecule has 0 radical (unpaired) electrons. The Kier molecular flexibility index (Phi) is 6.55. The number of aromatic nitrogens is 1. The van der Waals surface area contributed by atoms with Crippen LogP contribution in [0.1, 0.15) is 67.7 Å². The summed E-state index contributed by atoms with van der Waals surface area (Å²) in [5.41, 5.74) is 10.4. The van der Waals surface area contributed by atoms with Crippen LogP contribution in [0.4, 0.5) is 0 Å². The summed E-state index contributed by atoms with van der Waals surface area (Å²) in [6, 6.07) is 13.1. The zero-order chi connectivity index (χ0) is 17.6. The highest BCUT2D eigenvalue weighted by Gasteiger charge is 2.21. The number of thioether (sulfide) groups is 1. The molecule has 2 nitrogen and oxygen atoms in total. The van der Waals surface area contributed by atoms with Gasteiger partial charge in [-0.3, -0.25) is 0 Å². The molecule has 2 aromatic rings. The van der Waals surface area contributed by atoms with E-state index in [0.29, 0.717) is 5.92 Å². The van der Waals surface area contributed by atoms with Gasteiger partial charge in [0.2, 0.25) is 0 Å². The second-order valence-electron chi connectivity index (χ2n) is 7.33. The minimum atomic E-state index is 0.122. The Morgan fingerprint density at radius 3 is 2.60 bits per heavy atom. The monoisotopic (exact) mass is 354 g/mol. The van der Waals surface area contributed by atoms with Gasteiger partial charge in [0, 0.05) is 18.0 Å². The molecule has 0 aliphatic heterocycles. The second kappa shape index (κ2) is 8.86. The Balaban J connectivity index is 1.55. The van der Waals surface area contributed by atoms with Crippen LogP contribution >= 0.6 is 11.8 Å². The zero-order valence-corrected chi connectivity index (χ0v) is 16.3. The topological polar surface area (TPSA) is 38.9 Å². The summed E-state index contributed by atoms with van der Waals surface area (Å²) in [6.07, 6.45) is 8.16. The number of aryl methyl sites for hydroxylation is 1. The molecule has 1 unspecified atom stereocenters. The molecule has 1 aliphatic carbocycles. The van der Waals surface area contributed by atoms with Gasteiger partial charge in [-0.25, -0.2) is 4.98 Å². The van der Waals surface area contributed by atoms with Crippen molar-refractivity contribution in [3.05, 3.63) is 59.3 Å². The number of hydrogen-bond acceptors (Lipinski definition) is 3. The molecule has 134 valence electrons. The Bertz CT molecular complexity index is 664. The number of nitrogens with two attached hydrogens (primary N) is 1. The average molecular weight is 355 g/mol. The first-order valence-corrected chi connectivity index (χ1v) is 10.6. The van der Waals surface area contributed by atoms with Crippen molar-refractivity contribution in [2.45, 2.75) is 62.9 Å². The van der Waals surface area contributed by atoms with Crippen LogP contribution in [0.5, 0.6) is 0 Å². The van der Waals surface area contributed by atoms with Gasteiger partial charge in [-0.15, -0.1) is 11.8 Å². The quantitative estimate of drug-likeness (QED) is 0.573. The average Bonchev–Trinajstić information content (AvgIpc) is 3.46. The molecule has 1 heterocycles. The lowest BCUT2D eigenvalue weighted by atomic mass is 9.89. The Morgan fingerprint density at radius 2 is 1.96 bits per heavy atom. The molecule has 25 heavy (non-hydrogen) atoms. The molecule has 3 rings (SSSR count). The predicted molar refractivity (Wildman–Crippen MR) is 108 cm³/mol. The highest BCUT2D eigenvalue weighted by molar-refractivity contribution is 7.99. The molecular formula is C22H30N2S. The standard InChI is InChI=1S/C22H30N2S/c1-3-18(10-12-21(23)20-7-5-4-6-16(20)2)19-11-13-22(24-14-19)25-15-17-8-9-17/h4-7,11,13-14,17-18,21H,3,8-10,12,15,23H2,1-2H3/t18-,21?/m1/s1. The first kappa shape index (κ1) is 18.5. The lowest BCUT2D eigenvalue weighted by Gasteiger charge is -2.19.